The van der Waals surface area contributed by atoms with Crippen molar-refractivity contribution < 1.29 is 9.72 Å². The Morgan fingerprint density at radius 3 is 2.74 bits per heavy atom. The molecule has 0 saturated heterocycles. The molecule has 1 amide bonds. The van der Waals surface area contributed by atoms with Crippen LogP contribution in [-0.4, -0.2) is 22.8 Å². The van der Waals surface area contributed by atoms with Crippen LogP contribution in [0.15, 0.2) is 18.2 Å². The highest BCUT2D eigenvalue weighted by Gasteiger charge is 2.40. The number of hydrogen-bond donors (Lipinski definition) is 0. The lowest BCUT2D eigenvalue weighted by Crippen LogP contribution is -2.28. The third-order valence-corrected chi connectivity index (χ3v) is 3.82. The van der Waals surface area contributed by atoms with E-state index in [1.54, 1.807) is 11.9 Å². The van der Waals surface area contributed by atoms with Gasteiger partial charge in [-0.1, -0.05) is 18.5 Å². The zero-order chi connectivity index (χ0) is 14.2. The van der Waals surface area contributed by atoms with E-state index in [0.29, 0.717) is 23.0 Å². The maximum Gasteiger partial charge on any atom is 0.269 e. The number of halogens is 1. The summed E-state index contributed by atoms with van der Waals surface area (Å²) < 4.78 is 0. The molecule has 1 fully saturated rings. The van der Waals surface area contributed by atoms with Crippen LogP contribution in [0.25, 0.3) is 0 Å². The summed E-state index contributed by atoms with van der Waals surface area (Å²) in [5.74, 6) is 0.619. The highest BCUT2D eigenvalue weighted by atomic mass is 35.5. The number of nitro benzene ring substituents is 1. The molecule has 2 rings (SSSR count). The molecule has 0 radical (unpaired) electrons. The Morgan fingerprint density at radius 2 is 2.21 bits per heavy atom. The zero-order valence-corrected chi connectivity index (χ0v) is 11.6. The first-order valence-corrected chi connectivity index (χ1v) is 6.45. The molecule has 0 heterocycles. The smallest absolute Gasteiger partial charge is 0.269 e. The monoisotopic (exact) mass is 282 g/mol. The number of nitro groups is 1. The summed E-state index contributed by atoms with van der Waals surface area (Å²) >= 11 is 6.01. The van der Waals surface area contributed by atoms with Crippen molar-refractivity contribution in [3.63, 3.8) is 0 Å². The number of amides is 1. The summed E-state index contributed by atoms with van der Waals surface area (Å²) in [6.07, 6.45) is 0.922. The van der Waals surface area contributed by atoms with Gasteiger partial charge in [-0.2, -0.15) is 0 Å². The zero-order valence-electron chi connectivity index (χ0n) is 10.8. The molecular weight excluding hydrogens is 268 g/mol. The molecule has 5 nitrogen and oxygen atoms in total. The molecule has 0 bridgehead atoms. The normalized spacial score (nSPS) is 21.0. The lowest BCUT2D eigenvalue weighted by Gasteiger charge is -2.18. The van der Waals surface area contributed by atoms with Crippen molar-refractivity contribution in [2.45, 2.75) is 19.9 Å². The molecule has 1 saturated carbocycles. The maximum absolute atomic E-state index is 12.0. The number of non-ortho nitro benzene ring substituents is 1. The number of carbonyl (C=O) groups is 1. The van der Waals surface area contributed by atoms with Gasteiger partial charge in [0.1, 0.15) is 0 Å². The van der Waals surface area contributed by atoms with E-state index in [2.05, 4.69) is 0 Å². The van der Waals surface area contributed by atoms with Gasteiger partial charge >= 0.3 is 0 Å². The highest BCUT2D eigenvalue weighted by Crippen LogP contribution is 2.39. The molecular formula is C13H15ClN2O3. The van der Waals surface area contributed by atoms with Gasteiger partial charge in [0.2, 0.25) is 5.91 Å². The molecule has 1 aliphatic rings. The van der Waals surface area contributed by atoms with Crippen molar-refractivity contribution >= 4 is 23.2 Å². The minimum atomic E-state index is -0.468. The van der Waals surface area contributed by atoms with E-state index >= 15 is 0 Å². The summed E-state index contributed by atoms with van der Waals surface area (Å²) in [5, 5.41) is 11.2. The quantitative estimate of drug-likeness (QED) is 0.630. The van der Waals surface area contributed by atoms with Gasteiger partial charge < -0.3 is 4.90 Å². The Labute approximate surface area is 116 Å². The third kappa shape index (κ3) is 3.04. The molecule has 2 atom stereocenters. The van der Waals surface area contributed by atoms with Crippen molar-refractivity contribution in [2.75, 3.05) is 7.05 Å². The lowest BCUT2D eigenvalue weighted by molar-refractivity contribution is -0.384. The molecule has 1 aromatic rings. The average Bonchev–Trinajstić information content (AvgIpc) is 3.07. The first-order valence-electron chi connectivity index (χ1n) is 6.08. The minimum absolute atomic E-state index is 0.0139. The lowest BCUT2D eigenvalue weighted by atomic mass is 10.2. The molecule has 0 N–H and O–H groups in total. The highest BCUT2D eigenvalue weighted by molar-refractivity contribution is 6.31. The van der Waals surface area contributed by atoms with Gasteiger partial charge in [-0.3, -0.25) is 14.9 Å². The van der Waals surface area contributed by atoms with E-state index in [9.17, 15) is 14.9 Å². The van der Waals surface area contributed by atoms with Crippen molar-refractivity contribution in [1.29, 1.82) is 0 Å². The molecule has 19 heavy (non-hydrogen) atoms. The fourth-order valence-electron chi connectivity index (χ4n) is 2.08. The Kier molecular flexibility index (Phi) is 3.75. The number of hydrogen-bond acceptors (Lipinski definition) is 3. The topological polar surface area (TPSA) is 63.5 Å². The van der Waals surface area contributed by atoms with Crippen LogP contribution >= 0.6 is 11.6 Å². The van der Waals surface area contributed by atoms with Gasteiger partial charge in [-0.25, -0.2) is 0 Å². The second kappa shape index (κ2) is 5.17. The van der Waals surface area contributed by atoms with Crippen LogP contribution in [0.3, 0.4) is 0 Å². The van der Waals surface area contributed by atoms with Gasteiger partial charge in [0.25, 0.3) is 5.69 Å². The summed E-state index contributed by atoms with van der Waals surface area (Å²) in [6.45, 7) is 2.33. The van der Waals surface area contributed by atoms with Gasteiger partial charge in [-0.15, -0.1) is 0 Å². The second-order valence-corrected chi connectivity index (χ2v) is 5.45. The molecule has 0 spiro atoms. The van der Waals surface area contributed by atoms with Crippen molar-refractivity contribution in [1.82, 2.24) is 4.90 Å². The van der Waals surface area contributed by atoms with Crippen LogP contribution in [0.2, 0.25) is 5.02 Å². The minimum Gasteiger partial charge on any atom is -0.341 e. The molecule has 0 unspecified atom stereocenters. The van der Waals surface area contributed by atoms with E-state index in [1.807, 2.05) is 6.92 Å². The van der Waals surface area contributed by atoms with Crippen molar-refractivity contribution in [3.8, 4) is 0 Å². The molecule has 1 aliphatic carbocycles. The van der Waals surface area contributed by atoms with Crippen LogP contribution in [0, 0.1) is 22.0 Å². The predicted molar refractivity (Wildman–Crippen MR) is 71.9 cm³/mol. The Balaban J connectivity index is 2.11. The Hall–Kier alpha value is -1.62. The van der Waals surface area contributed by atoms with Crippen LogP contribution in [-0.2, 0) is 11.3 Å². The molecule has 6 heteroatoms. The van der Waals surface area contributed by atoms with E-state index in [1.165, 1.54) is 18.2 Å². The third-order valence-electron chi connectivity index (χ3n) is 3.45. The predicted octanol–water partition coefficient (Wildman–Crippen LogP) is 2.86. The van der Waals surface area contributed by atoms with E-state index in [4.69, 9.17) is 11.6 Å². The van der Waals surface area contributed by atoms with E-state index < -0.39 is 4.92 Å². The molecule has 1 aromatic carbocycles. The second-order valence-electron chi connectivity index (χ2n) is 5.05. The Bertz CT molecular complexity index is 533. The Morgan fingerprint density at radius 1 is 1.58 bits per heavy atom. The van der Waals surface area contributed by atoms with Gasteiger partial charge in [-0.05, 0) is 24.0 Å². The summed E-state index contributed by atoms with van der Waals surface area (Å²) in [4.78, 5) is 23.8. The largest absolute Gasteiger partial charge is 0.341 e. The van der Waals surface area contributed by atoms with Crippen LogP contribution in [0.4, 0.5) is 5.69 Å². The number of rotatable bonds is 4. The maximum atomic E-state index is 12.0. The molecule has 0 aliphatic heterocycles. The van der Waals surface area contributed by atoms with Crippen LogP contribution in [0.5, 0.6) is 0 Å². The van der Waals surface area contributed by atoms with Gasteiger partial charge in [0.15, 0.2) is 0 Å². The first-order chi connectivity index (χ1) is 8.90. The number of benzene rings is 1. The van der Waals surface area contributed by atoms with E-state index in [-0.39, 0.29) is 17.5 Å². The molecule has 0 aromatic heterocycles. The number of nitrogens with zero attached hydrogens (tertiary/aromatic N) is 2. The van der Waals surface area contributed by atoms with Crippen molar-refractivity contribution in [3.05, 3.63) is 38.9 Å². The average molecular weight is 283 g/mol. The summed E-state index contributed by atoms with van der Waals surface area (Å²) in [6, 6.07) is 4.27. The standard InChI is InChI=1S/C13H15ClN2O3/c1-8-5-11(8)13(17)15(2)7-9-6-10(16(18)19)3-4-12(9)14/h3-4,6,8,11H,5,7H2,1-2H3/t8-,11-/m0/s1. The van der Waals surface area contributed by atoms with E-state index in [0.717, 1.165) is 6.42 Å². The van der Waals surface area contributed by atoms with Gasteiger partial charge in [0.05, 0.1) is 4.92 Å². The van der Waals surface area contributed by atoms with Crippen molar-refractivity contribution in [2.24, 2.45) is 11.8 Å². The summed E-state index contributed by atoms with van der Waals surface area (Å²) in [5.41, 5.74) is 0.583. The first kappa shape index (κ1) is 13.8. The van der Waals surface area contributed by atoms with Gasteiger partial charge in [0, 0.05) is 36.7 Å². The number of carbonyl (C=O) groups excluding carboxylic acids is 1. The fraction of sp³-hybridized carbons (Fsp3) is 0.462. The van der Waals surface area contributed by atoms with Crippen LogP contribution < -0.4 is 0 Å². The summed E-state index contributed by atoms with van der Waals surface area (Å²) in [7, 11) is 1.70. The fourth-order valence-corrected chi connectivity index (χ4v) is 2.26. The molecule has 102 valence electrons. The van der Waals surface area contributed by atoms with Crippen LogP contribution in [0.1, 0.15) is 18.9 Å². The SMILES string of the molecule is C[C@H]1C[C@@H]1C(=O)N(C)Cc1cc([N+](=O)[O-])ccc1Cl.